The molecule has 0 radical (unpaired) electrons. The summed E-state index contributed by atoms with van der Waals surface area (Å²) in [4.78, 5) is 11.6. The van der Waals surface area contributed by atoms with Crippen LogP contribution in [0.15, 0.2) is 11.6 Å². The van der Waals surface area contributed by atoms with Gasteiger partial charge in [-0.1, -0.05) is 40.2 Å². The van der Waals surface area contributed by atoms with Gasteiger partial charge in [0.05, 0.1) is 12.7 Å². The van der Waals surface area contributed by atoms with E-state index in [-0.39, 0.29) is 23.9 Å². The summed E-state index contributed by atoms with van der Waals surface area (Å²) in [5.41, 5.74) is 0.227. The third-order valence-electron chi connectivity index (χ3n) is 3.99. The van der Waals surface area contributed by atoms with Crippen LogP contribution in [0.2, 0.25) is 0 Å². The van der Waals surface area contributed by atoms with E-state index in [9.17, 15) is 9.90 Å². The predicted octanol–water partition coefficient (Wildman–Crippen LogP) is 3.32. The van der Waals surface area contributed by atoms with E-state index in [1.807, 2.05) is 27.7 Å². The summed E-state index contributed by atoms with van der Waals surface area (Å²) >= 11 is 0. The van der Waals surface area contributed by atoms with Crippen molar-refractivity contribution in [2.24, 2.45) is 11.3 Å². The molecule has 0 bridgehead atoms. The Balaban J connectivity index is 4.63. The van der Waals surface area contributed by atoms with E-state index in [0.29, 0.717) is 5.57 Å². The lowest BCUT2D eigenvalue weighted by Gasteiger charge is -2.36. The van der Waals surface area contributed by atoms with Crippen LogP contribution in [0.25, 0.3) is 0 Å². The highest BCUT2D eigenvalue weighted by Gasteiger charge is 2.35. The second kappa shape index (κ2) is 7.57. The van der Waals surface area contributed by atoms with Crippen molar-refractivity contribution in [2.45, 2.75) is 60.5 Å². The molecule has 0 saturated carbocycles. The Hall–Kier alpha value is -0.830. The van der Waals surface area contributed by atoms with E-state index in [1.165, 1.54) is 0 Å². The number of rotatable bonds is 7. The maximum absolute atomic E-state index is 11.6. The van der Waals surface area contributed by atoms with Crippen LogP contribution in [0.5, 0.6) is 0 Å². The highest BCUT2D eigenvalue weighted by Crippen LogP contribution is 2.32. The Morgan fingerprint density at radius 2 is 2.00 bits per heavy atom. The van der Waals surface area contributed by atoms with Crippen molar-refractivity contribution >= 4 is 5.97 Å². The highest BCUT2D eigenvalue weighted by atomic mass is 16.5. The summed E-state index contributed by atoms with van der Waals surface area (Å²) in [6, 6.07) is 0. The first-order valence-corrected chi connectivity index (χ1v) is 6.80. The third-order valence-corrected chi connectivity index (χ3v) is 3.99. The van der Waals surface area contributed by atoms with Gasteiger partial charge >= 0.3 is 5.97 Å². The van der Waals surface area contributed by atoms with Crippen molar-refractivity contribution in [2.75, 3.05) is 6.61 Å². The first-order valence-electron chi connectivity index (χ1n) is 6.80. The number of carbonyl (C=O) groups excluding carboxylic acids is 1. The molecule has 0 amide bonds. The number of carbonyl (C=O) groups is 1. The van der Waals surface area contributed by atoms with Crippen LogP contribution in [-0.2, 0) is 9.53 Å². The number of hydrogen-bond donors (Lipinski definition) is 1. The molecule has 0 aromatic rings. The fourth-order valence-corrected chi connectivity index (χ4v) is 1.77. The van der Waals surface area contributed by atoms with Crippen LogP contribution in [0.4, 0.5) is 0 Å². The molecule has 0 rings (SSSR count). The van der Waals surface area contributed by atoms with Crippen LogP contribution >= 0.6 is 0 Å². The van der Waals surface area contributed by atoms with Crippen LogP contribution in [0.3, 0.4) is 0 Å². The molecule has 3 atom stereocenters. The van der Waals surface area contributed by atoms with Crippen LogP contribution in [0, 0.1) is 11.3 Å². The van der Waals surface area contributed by atoms with Crippen molar-refractivity contribution in [3.8, 4) is 0 Å². The van der Waals surface area contributed by atoms with Gasteiger partial charge in [-0.15, -0.1) is 0 Å². The zero-order valence-corrected chi connectivity index (χ0v) is 12.6. The molecular formula is C15H28O3. The lowest BCUT2D eigenvalue weighted by Crippen LogP contribution is -2.41. The zero-order valence-electron chi connectivity index (χ0n) is 12.6. The molecule has 0 saturated heterocycles. The molecule has 0 aliphatic rings. The topological polar surface area (TPSA) is 46.5 Å². The molecule has 3 unspecified atom stereocenters. The minimum Gasteiger partial charge on any atom is -0.462 e. The van der Waals surface area contributed by atoms with Crippen molar-refractivity contribution in [1.29, 1.82) is 0 Å². The van der Waals surface area contributed by atoms with Crippen LogP contribution < -0.4 is 0 Å². The van der Waals surface area contributed by atoms with Crippen molar-refractivity contribution < 1.29 is 14.6 Å². The lowest BCUT2D eigenvalue weighted by atomic mass is 9.76. The van der Waals surface area contributed by atoms with Gasteiger partial charge in [0.15, 0.2) is 0 Å². The van der Waals surface area contributed by atoms with Gasteiger partial charge in [-0.25, -0.2) is 4.79 Å². The summed E-state index contributed by atoms with van der Waals surface area (Å²) in [5, 5.41) is 10.3. The molecule has 0 heterocycles. The summed E-state index contributed by atoms with van der Waals surface area (Å²) in [5.74, 6) is -0.0926. The molecule has 0 fully saturated rings. The lowest BCUT2D eigenvalue weighted by molar-refractivity contribution is -0.146. The van der Waals surface area contributed by atoms with Gasteiger partial charge in [0.2, 0.25) is 0 Å². The van der Waals surface area contributed by atoms with E-state index in [1.54, 1.807) is 13.0 Å². The molecule has 0 aromatic carbocycles. The Kier molecular flexibility index (Phi) is 7.22. The van der Waals surface area contributed by atoms with Crippen molar-refractivity contribution in [3.63, 3.8) is 0 Å². The summed E-state index contributed by atoms with van der Waals surface area (Å²) in [6.07, 6.45) is 2.97. The first-order chi connectivity index (χ1) is 8.32. The SMILES string of the molecule is CC=C(C)C(=O)OCC(C)(CC)C(O)C(C)CC. The van der Waals surface area contributed by atoms with E-state index in [4.69, 9.17) is 4.74 Å². The minimum absolute atomic E-state index is 0.205. The smallest absolute Gasteiger partial charge is 0.333 e. The normalized spacial score (nSPS) is 18.9. The van der Waals surface area contributed by atoms with Gasteiger partial charge in [-0.05, 0) is 26.2 Å². The van der Waals surface area contributed by atoms with E-state index in [2.05, 4.69) is 6.92 Å². The summed E-state index contributed by atoms with van der Waals surface area (Å²) < 4.78 is 5.30. The Morgan fingerprint density at radius 3 is 2.39 bits per heavy atom. The standard InChI is InChI=1S/C15H28O3/c1-7-11(4)13(16)15(6,9-3)10-18-14(17)12(5)8-2/h8,11,13,16H,7,9-10H2,1-6H3. The fraction of sp³-hybridized carbons (Fsp3) is 0.800. The second-order valence-corrected chi connectivity index (χ2v) is 5.39. The molecular weight excluding hydrogens is 228 g/mol. The Morgan fingerprint density at radius 1 is 1.44 bits per heavy atom. The average Bonchev–Trinajstić information content (AvgIpc) is 2.41. The molecule has 0 aliphatic heterocycles. The molecule has 3 heteroatoms. The van der Waals surface area contributed by atoms with Crippen LogP contribution in [-0.4, -0.2) is 23.8 Å². The summed E-state index contributed by atoms with van der Waals surface area (Å²) in [7, 11) is 0. The van der Waals surface area contributed by atoms with Crippen molar-refractivity contribution in [3.05, 3.63) is 11.6 Å². The van der Waals surface area contributed by atoms with Gasteiger partial charge in [0.1, 0.15) is 0 Å². The van der Waals surface area contributed by atoms with Gasteiger partial charge in [-0.2, -0.15) is 0 Å². The number of aliphatic hydroxyl groups excluding tert-OH is 1. The number of ether oxygens (including phenoxy) is 1. The average molecular weight is 256 g/mol. The molecule has 0 aliphatic carbocycles. The third kappa shape index (κ3) is 4.45. The van der Waals surface area contributed by atoms with Gasteiger partial charge in [0, 0.05) is 11.0 Å². The molecule has 18 heavy (non-hydrogen) atoms. The number of allylic oxidation sites excluding steroid dienone is 1. The van der Waals surface area contributed by atoms with Gasteiger partial charge in [-0.3, -0.25) is 0 Å². The number of aliphatic hydroxyl groups is 1. The predicted molar refractivity (Wildman–Crippen MR) is 74.2 cm³/mol. The number of hydrogen-bond acceptors (Lipinski definition) is 3. The van der Waals surface area contributed by atoms with E-state index >= 15 is 0 Å². The van der Waals surface area contributed by atoms with E-state index in [0.717, 1.165) is 12.8 Å². The second-order valence-electron chi connectivity index (χ2n) is 5.39. The number of esters is 1. The van der Waals surface area contributed by atoms with Crippen molar-refractivity contribution in [1.82, 2.24) is 0 Å². The molecule has 0 spiro atoms. The molecule has 1 N–H and O–H groups in total. The van der Waals surface area contributed by atoms with Crippen LogP contribution in [0.1, 0.15) is 54.4 Å². The highest BCUT2D eigenvalue weighted by molar-refractivity contribution is 5.87. The Bertz CT molecular complexity index is 296. The fourth-order valence-electron chi connectivity index (χ4n) is 1.77. The molecule has 3 nitrogen and oxygen atoms in total. The quantitative estimate of drug-likeness (QED) is 0.561. The molecule has 106 valence electrons. The largest absolute Gasteiger partial charge is 0.462 e. The zero-order chi connectivity index (χ0) is 14.3. The minimum atomic E-state index is -0.453. The Labute approximate surface area is 111 Å². The first kappa shape index (κ1) is 17.2. The van der Waals surface area contributed by atoms with E-state index < -0.39 is 6.10 Å². The van der Waals surface area contributed by atoms with Gasteiger partial charge < -0.3 is 9.84 Å². The molecule has 0 aromatic heterocycles. The monoisotopic (exact) mass is 256 g/mol. The summed E-state index contributed by atoms with van der Waals surface area (Å²) in [6.45, 7) is 11.9. The van der Waals surface area contributed by atoms with Gasteiger partial charge in [0.25, 0.3) is 0 Å². The maximum atomic E-state index is 11.6. The maximum Gasteiger partial charge on any atom is 0.333 e.